The summed E-state index contributed by atoms with van der Waals surface area (Å²) < 4.78 is 15.8. The lowest BCUT2D eigenvalue weighted by atomic mass is 10.2. The molecule has 0 radical (unpaired) electrons. The minimum Gasteiger partial charge on any atom is -0.497 e. The molecule has 0 spiro atoms. The van der Waals surface area contributed by atoms with Gasteiger partial charge in [-0.05, 0) is 30.7 Å². The van der Waals surface area contributed by atoms with Crippen LogP contribution >= 0.6 is 12.4 Å². The number of ether oxygens (including phenoxy) is 3. The van der Waals surface area contributed by atoms with Crippen molar-refractivity contribution in [3.63, 3.8) is 0 Å². The molecular weight excluding hydrogens is 318 g/mol. The molecule has 1 aromatic carbocycles. The third-order valence-electron chi connectivity index (χ3n) is 3.46. The number of hydrogen-bond donors (Lipinski definition) is 0. The van der Waals surface area contributed by atoms with Crippen molar-refractivity contribution >= 4 is 24.5 Å². The van der Waals surface area contributed by atoms with Gasteiger partial charge in [-0.3, -0.25) is 4.90 Å². The summed E-state index contributed by atoms with van der Waals surface area (Å²) in [5.74, 6) is 0.468. The Kier molecular flexibility index (Phi) is 8.69. The first kappa shape index (κ1) is 19.5. The molecular formula is C17H24ClNO4. The molecule has 0 aromatic heterocycles. The Morgan fingerprint density at radius 3 is 2.57 bits per heavy atom. The summed E-state index contributed by atoms with van der Waals surface area (Å²) >= 11 is 0. The molecule has 23 heavy (non-hydrogen) atoms. The Labute approximate surface area is 143 Å². The molecule has 0 amide bonds. The number of carbonyl (C=O) groups is 1. The molecule has 1 fully saturated rings. The quantitative estimate of drug-likeness (QED) is 0.587. The van der Waals surface area contributed by atoms with Gasteiger partial charge in [-0.2, -0.15) is 0 Å². The second kappa shape index (κ2) is 10.3. The number of benzene rings is 1. The number of nitrogens with zero attached hydrogens (tertiary/aromatic N) is 1. The maximum atomic E-state index is 11.8. The molecule has 0 bridgehead atoms. The zero-order chi connectivity index (χ0) is 15.8. The summed E-state index contributed by atoms with van der Waals surface area (Å²) in [6.07, 6.45) is 3.06. The highest BCUT2D eigenvalue weighted by Gasteiger charge is 2.15. The number of hydrogen-bond acceptors (Lipinski definition) is 5. The molecule has 0 aliphatic carbocycles. The van der Waals surface area contributed by atoms with Gasteiger partial charge < -0.3 is 14.2 Å². The van der Waals surface area contributed by atoms with Crippen LogP contribution in [0.3, 0.4) is 0 Å². The lowest BCUT2D eigenvalue weighted by Gasteiger charge is -2.28. The third kappa shape index (κ3) is 7.03. The van der Waals surface area contributed by atoms with Crippen molar-refractivity contribution in [3.8, 4) is 5.75 Å². The molecule has 1 aliphatic heterocycles. The minimum absolute atomic E-state index is 0. The standard InChI is InChI=1S/C17H23NO4.ClH/c1-14(13-18-9-11-21-12-10-18)22-17(19)8-5-15-3-6-16(20-2)7-4-15;/h3-8,14H,9-13H2,1-2H3;1H. The molecule has 1 aromatic rings. The van der Waals surface area contributed by atoms with Crippen molar-refractivity contribution in [1.82, 2.24) is 4.90 Å². The van der Waals surface area contributed by atoms with Crippen LogP contribution in [0, 0.1) is 0 Å². The van der Waals surface area contributed by atoms with Crippen molar-refractivity contribution in [3.05, 3.63) is 35.9 Å². The zero-order valence-electron chi connectivity index (χ0n) is 13.6. The fourth-order valence-corrected chi connectivity index (χ4v) is 2.30. The Bertz CT molecular complexity index is 498. The molecule has 1 aliphatic rings. The Morgan fingerprint density at radius 2 is 1.96 bits per heavy atom. The Hall–Kier alpha value is -1.56. The first-order valence-electron chi connectivity index (χ1n) is 7.50. The van der Waals surface area contributed by atoms with E-state index in [4.69, 9.17) is 14.2 Å². The van der Waals surface area contributed by atoms with Crippen molar-refractivity contribution in [2.24, 2.45) is 0 Å². The molecule has 0 N–H and O–H groups in total. The topological polar surface area (TPSA) is 48.0 Å². The van der Waals surface area contributed by atoms with E-state index in [9.17, 15) is 4.79 Å². The number of halogens is 1. The second-order valence-corrected chi connectivity index (χ2v) is 5.27. The van der Waals surface area contributed by atoms with Crippen LogP contribution in [0.25, 0.3) is 6.08 Å². The van der Waals surface area contributed by atoms with E-state index in [0.29, 0.717) is 0 Å². The van der Waals surface area contributed by atoms with Gasteiger partial charge in [-0.25, -0.2) is 4.79 Å². The normalized spacial score (nSPS) is 16.6. The lowest BCUT2D eigenvalue weighted by molar-refractivity contribution is -0.143. The summed E-state index contributed by atoms with van der Waals surface area (Å²) in [7, 11) is 1.62. The first-order chi connectivity index (χ1) is 10.7. The van der Waals surface area contributed by atoms with Gasteiger partial charge in [0, 0.05) is 25.7 Å². The van der Waals surface area contributed by atoms with Gasteiger partial charge in [0.05, 0.1) is 20.3 Å². The molecule has 1 saturated heterocycles. The monoisotopic (exact) mass is 341 g/mol. The highest BCUT2D eigenvalue weighted by Crippen LogP contribution is 2.12. The summed E-state index contributed by atoms with van der Waals surface area (Å²) in [6.45, 7) is 5.93. The smallest absolute Gasteiger partial charge is 0.331 e. The van der Waals surface area contributed by atoms with E-state index in [2.05, 4.69) is 4.90 Å². The van der Waals surface area contributed by atoms with Gasteiger partial charge in [0.2, 0.25) is 0 Å². The SMILES string of the molecule is COc1ccc(C=CC(=O)OC(C)CN2CCOCC2)cc1.Cl. The van der Waals surface area contributed by atoms with Gasteiger partial charge in [-0.1, -0.05) is 12.1 Å². The molecule has 2 rings (SSSR count). The summed E-state index contributed by atoms with van der Waals surface area (Å²) in [4.78, 5) is 14.1. The number of carbonyl (C=O) groups excluding carboxylic acids is 1. The van der Waals surface area contributed by atoms with Crippen molar-refractivity contribution in [2.45, 2.75) is 13.0 Å². The molecule has 1 atom stereocenters. The van der Waals surface area contributed by atoms with Crippen molar-refractivity contribution in [1.29, 1.82) is 0 Å². The highest BCUT2D eigenvalue weighted by atomic mass is 35.5. The Balaban J connectivity index is 0.00000264. The van der Waals surface area contributed by atoms with Crippen molar-refractivity contribution in [2.75, 3.05) is 40.0 Å². The van der Waals surface area contributed by atoms with Gasteiger partial charge >= 0.3 is 5.97 Å². The van der Waals surface area contributed by atoms with Gasteiger partial charge in [-0.15, -0.1) is 12.4 Å². The maximum absolute atomic E-state index is 11.8. The predicted octanol–water partition coefficient (Wildman–Crippen LogP) is 2.39. The first-order valence-corrected chi connectivity index (χ1v) is 7.50. The molecule has 0 saturated carbocycles. The van der Waals surface area contributed by atoms with Crippen LogP contribution in [0.15, 0.2) is 30.3 Å². The minimum atomic E-state index is -0.323. The largest absolute Gasteiger partial charge is 0.497 e. The van der Waals surface area contributed by atoms with E-state index in [1.54, 1.807) is 13.2 Å². The van der Waals surface area contributed by atoms with E-state index >= 15 is 0 Å². The van der Waals surface area contributed by atoms with Crippen LogP contribution in [0.2, 0.25) is 0 Å². The molecule has 5 nitrogen and oxygen atoms in total. The van der Waals surface area contributed by atoms with Gasteiger partial charge in [0.25, 0.3) is 0 Å². The van der Waals surface area contributed by atoms with E-state index in [0.717, 1.165) is 44.2 Å². The average molecular weight is 342 g/mol. The fraction of sp³-hybridized carbons (Fsp3) is 0.471. The lowest BCUT2D eigenvalue weighted by Crippen LogP contribution is -2.41. The van der Waals surface area contributed by atoms with Crippen LogP contribution in [-0.4, -0.2) is 56.9 Å². The second-order valence-electron chi connectivity index (χ2n) is 5.27. The molecule has 1 heterocycles. The third-order valence-corrected chi connectivity index (χ3v) is 3.46. The van der Waals surface area contributed by atoms with Crippen LogP contribution in [0.1, 0.15) is 12.5 Å². The molecule has 128 valence electrons. The number of rotatable bonds is 6. The van der Waals surface area contributed by atoms with Crippen LogP contribution in [0.4, 0.5) is 0 Å². The summed E-state index contributed by atoms with van der Waals surface area (Å²) in [5.41, 5.74) is 0.929. The zero-order valence-corrected chi connectivity index (χ0v) is 14.4. The van der Waals surface area contributed by atoms with Gasteiger partial charge in [0.1, 0.15) is 11.9 Å². The molecule has 6 heteroatoms. The van der Waals surface area contributed by atoms with E-state index in [1.807, 2.05) is 31.2 Å². The van der Waals surface area contributed by atoms with Crippen LogP contribution in [0.5, 0.6) is 5.75 Å². The van der Waals surface area contributed by atoms with E-state index in [1.165, 1.54) is 6.08 Å². The van der Waals surface area contributed by atoms with E-state index < -0.39 is 0 Å². The maximum Gasteiger partial charge on any atom is 0.331 e. The number of morpholine rings is 1. The number of methoxy groups -OCH3 is 1. The van der Waals surface area contributed by atoms with Gasteiger partial charge in [0.15, 0.2) is 0 Å². The van der Waals surface area contributed by atoms with Crippen molar-refractivity contribution < 1.29 is 19.0 Å². The number of esters is 1. The summed E-state index contributed by atoms with van der Waals surface area (Å²) in [6, 6.07) is 7.48. The Morgan fingerprint density at radius 1 is 1.30 bits per heavy atom. The summed E-state index contributed by atoms with van der Waals surface area (Å²) in [5, 5.41) is 0. The average Bonchev–Trinajstić information content (AvgIpc) is 2.54. The predicted molar refractivity (Wildman–Crippen MR) is 92.1 cm³/mol. The van der Waals surface area contributed by atoms with E-state index in [-0.39, 0.29) is 24.5 Å². The fourth-order valence-electron chi connectivity index (χ4n) is 2.30. The molecule has 1 unspecified atom stereocenters. The highest BCUT2D eigenvalue weighted by molar-refractivity contribution is 5.87. The van der Waals surface area contributed by atoms with Crippen LogP contribution < -0.4 is 4.74 Å². The van der Waals surface area contributed by atoms with Crippen LogP contribution in [-0.2, 0) is 14.3 Å².